The molecule has 1 aromatic rings. The van der Waals surface area contributed by atoms with E-state index in [-0.39, 0.29) is 0 Å². The second-order valence-electron chi connectivity index (χ2n) is 3.52. The van der Waals surface area contributed by atoms with Crippen LogP contribution in [0.15, 0.2) is 29.2 Å². The average Bonchev–Trinajstić information content (AvgIpc) is 2.05. The van der Waals surface area contributed by atoms with Crippen LogP contribution >= 0.6 is 11.8 Å². The van der Waals surface area contributed by atoms with Crippen LogP contribution in [0, 0.1) is 6.92 Å². The summed E-state index contributed by atoms with van der Waals surface area (Å²) in [7, 11) is 0. The molecule has 1 saturated heterocycles. The number of benzene rings is 1. The molecule has 0 bridgehead atoms. The first-order valence-electron chi connectivity index (χ1n) is 4.78. The molecule has 0 amide bonds. The predicted molar refractivity (Wildman–Crippen MR) is 58.3 cm³/mol. The molecule has 1 aliphatic rings. The van der Waals surface area contributed by atoms with E-state index in [0.717, 1.165) is 6.04 Å². The summed E-state index contributed by atoms with van der Waals surface area (Å²) in [4.78, 5) is 1.43. The van der Waals surface area contributed by atoms with Crippen molar-refractivity contribution in [1.82, 2.24) is 5.32 Å². The molecule has 0 aromatic heterocycles. The molecule has 0 saturated carbocycles. The van der Waals surface area contributed by atoms with Gasteiger partial charge in [0.05, 0.1) is 0 Å². The van der Waals surface area contributed by atoms with E-state index in [1.165, 1.54) is 29.2 Å². The van der Waals surface area contributed by atoms with Crippen LogP contribution in [0.25, 0.3) is 0 Å². The van der Waals surface area contributed by atoms with Gasteiger partial charge >= 0.3 is 0 Å². The van der Waals surface area contributed by atoms with Gasteiger partial charge < -0.3 is 5.32 Å². The molecule has 2 heteroatoms. The summed E-state index contributed by atoms with van der Waals surface area (Å²) in [5, 5.41) is 3.41. The van der Waals surface area contributed by atoms with E-state index in [2.05, 4.69) is 36.5 Å². The zero-order chi connectivity index (χ0) is 9.10. The lowest BCUT2D eigenvalue weighted by Crippen LogP contribution is -2.44. The van der Waals surface area contributed by atoms with Crippen LogP contribution in [0.4, 0.5) is 0 Å². The number of hydrogen-bond acceptors (Lipinski definition) is 2. The van der Waals surface area contributed by atoms with E-state index in [4.69, 9.17) is 0 Å². The van der Waals surface area contributed by atoms with Crippen molar-refractivity contribution in [3.63, 3.8) is 0 Å². The molecule has 1 fully saturated rings. The van der Waals surface area contributed by atoms with E-state index in [0.29, 0.717) is 0 Å². The fourth-order valence-corrected chi connectivity index (χ4v) is 2.54. The van der Waals surface area contributed by atoms with Crippen molar-refractivity contribution < 1.29 is 0 Å². The van der Waals surface area contributed by atoms with Crippen molar-refractivity contribution in [3.8, 4) is 0 Å². The highest BCUT2D eigenvalue weighted by Gasteiger charge is 2.16. The Morgan fingerprint density at radius 1 is 1.46 bits per heavy atom. The van der Waals surface area contributed by atoms with E-state index >= 15 is 0 Å². The van der Waals surface area contributed by atoms with Gasteiger partial charge in [0.2, 0.25) is 0 Å². The first-order valence-corrected chi connectivity index (χ1v) is 5.76. The van der Waals surface area contributed by atoms with Crippen molar-refractivity contribution in [2.45, 2.75) is 24.3 Å². The summed E-state index contributed by atoms with van der Waals surface area (Å²) >= 11 is 1.97. The molecule has 1 aliphatic heterocycles. The Labute approximate surface area is 83.9 Å². The van der Waals surface area contributed by atoms with Gasteiger partial charge in [0.1, 0.15) is 0 Å². The standard InChI is InChI=1S/C11H15NS/c1-9-4-2-3-5-11(9)13-8-10-6-7-12-10/h2-5,10,12H,6-8H2,1H3. The molecule has 1 atom stereocenters. The highest BCUT2D eigenvalue weighted by molar-refractivity contribution is 7.99. The average molecular weight is 193 g/mol. The minimum absolute atomic E-state index is 0.754. The lowest BCUT2D eigenvalue weighted by atomic mass is 10.1. The van der Waals surface area contributed by atoms with E-state index in [1.807, 2.05) is 11.8 Å². The second-order valence-corrected chi connectivity index (χ2v) is 4.58. The third-order valence-electron chi connectivity index (χ3n) is 2.46. The number of nitrogens with one attached hydrogen (secondary N) is 1. The molecule has 1 nitrogen and oxygen atoms in total. The summed E-state index contributed by atoms with van der Waals surface area (Å²) in [6.07, 6.45) is 1.35. The van der Waals surface area contributed by atoms with Crippen molar-refractivity contribution in [3.05, 3.63) is 29.8 Å². The van der Waals surface area contributed by atoms with Crippen molar-refractivity contribution in [1.29, 1.82) is 0 Å². The van der Waals surface area contributed by atoms with Crippen molar-refractivity contribution in [2.24, 2.45) is 0 Å². The topological polar surface area (TPSA) is 12.0 Å². The monoisotopic (exact) mass is 193 g/mol. The Morgan fingerprint density at radius 3 is 2.85 bits per heavy atom. The van der Waals surface area contributed by atoms with Gasteiger partial charge in [-0.2, -0.15) is 0 Å². The molecular weight excluding hydrogens is 178 g/mol. The van der Waals surface area contributed by atoms with E-state index in [9.17, 15) is 0 Å². The zero-order valence-electron chi connectivity index (χ0n) is 7.92. The van der Waals surface area contributed by atoms with E-state index in [1.54, 1.807) is 0 Å². The van der Waals surface area contributed by atoms with Gasteiger partial charge in [-0.15, -0.1) is 11.8 Å². The maximum Gasteiger partial charge on any atom is 0.0173 e. The van der Waals surface area contributed by atoms with E-state index < -0.39 is 0 Å². The molecule has 1 aromatic carbocycles. The smallest absolute Gasteiger partial charge is 0.0173 e. The first kappa shape index (κ1) is 9.10. The predicted octanol–water partition coefficient (Wildman–Crippen LogP) is 2.45. The Bertz CT molecular complexity index is 281. The first-order chi connectivity index (χ1) is 6.36. The summed E-state index contributed by atoms with van der Waals surface area (Å²) in [5.41, 5.74) is 1.40. The minimum Gasteiger partial charge on any atom is -0.313 e. The van der Waals surface area contributed by atoms with Crippen LogP contribution in [-0.2, 0) is 0 Å². The third-order valence-corrected chi connectivity index (χ3v) is 3.80. The van der Waals surface area contributed by atoms with Gasteiger partial charge in [0.15, 0.2) is 0 Å². The summed E-state index contributed by atoms with van der Waals surface area (Å²) in [5.74, 6) is 1.21. The number of rotatable bonds is 3. The Kier molecular flexibility index (Phi) is 2.91. The fraction of sp³-hybridized carbons (Fsp3) is 0.455. The lowest BCUT2D eigenvalue weighted by molar-refractivity contribution is 0.405. The van der Waals surface area contributed by atoms with Crippen molar-refractivity contribution >= 4 is 11.8 Å². The fourth-order valence-electron chi connectivity index (χ4n) is 1.40. The van der Waals surface area contributed by atoms with Crippen LogP contribution < -0.4 is 5.32 Å². The van der Waals surface area contributed by atoms with Gasteiger partial charge in [-0.05, 0) is 31.5 Å². The maximum absolute atomic E-state index is 3.41. The van der Waals surface area contributed by atoms with Crippen LogP contribution in [0.1, 0.15) is 12.0 Å². The van der Waals surface area contributed by atoms with Crippen LogP contribution in [0.3, 0.4) is 0 Å². The summed E-state index contributed by atoms with van der Waals surface area (Å²) in [6, 6.07) is 9.35. The summed E-state index contributed by atoms with van der Waals surface area (Å²) in [6.45, 7) is 3.38. The van der Waals surface area contributed by atoms with Crippen LogP contribution in [-0.4, -0.2) is 18.3 Å². The third kappa shape index (κ3) is 2.26. The van der Waals surface area contributed by atoms with Gasteiger partial charge in [-0.1, -0.05) is 18.2 Å². The van der Waals surface area contributed by atoms with Gasteiger partial charge in [-0.25, -0.2) is 0 Å². The molecule has 0 aliphatic carbocycles. The molecule has 0 radical (unpaired) electrons. The van der Waals surface area contributed by atoms with Gasteiger partial charge in [0.25, 0.3) is 0 Å². The van der Waals surface area contributed by atoms with Gasteiger partial charge in [-0.3, -0.25) is 0 Å². The maximum atomic E-state index is 3.41. The number of aryl methyl sites for hydroxylation is 1. The Morgan fingerprint density at radius 2 is 2.23 bits per heavy atom. The van der Waals surface area contributed by atoms with Crippen LogP contribution in [0.2, 0.25) is 0 Å². The molecule has 2 rings (SSSR count). The quantitative estimate of drug-likeness (QED) is 0.740. The molecule has 1 heterocycles. The normalized spacial score (nSPS) is 21.2. The second kappa shape index (κ2) is 4.16. The molecule has 1 N–H and O–H groups in total. The molecular formula is C11H15NS. The molecule has 70 valence electrons. The Balaban J connectivity index is 1.89. The molecule has 0 spiro atoms. The highest BCUT2D eigenvalue weighted by atomic mass is 32.2. The Hall–Kier alpha value is -0.470. The minimum atomic E-state index is 0.754. The molecule has 1 unspecified atom stereocenters. The zero-order valence-corrected chi connectivity index (χ0v) is 8.73. The van der Waals surface area contributed by atoms with Gasteiger partial charge in [0, 0.05) is 16.7 Å². The SMILES string of the molecule is Cc1ccccc1SCC1CCN1. The number of hydrogen-bond donors (Lipinski definition) is 1. The largest absolute Gasteiger partial charge is 0.313 e. The lowest BCUT2D eigenvalue weighted by Gasteiger charge is -2.27. The number of thioether (sulfide) groups is 1. The van der Waals surface area contributed by atoms with Crippen molar-refractivity contribution in [2.75, 3.05) is 12.3 Å². The summed E-state index contributed by atoms with van der Waals surface area (Å²) < 4.78 is 0. The highest BCUT2D eigenvalue weighted by Crippen LogP contribution is 2.24. The van der Waals surface area contributed by atoms with Crippen LogP contribution in [0.5, 0.6) is 0 Å². The molecule has 13 heavy (non-hydrogen) atoms.